The Hall–Kier alpha value is -2.76. The number of carbonyl (C=O) groups excluding carboxylic acids is 1. The van der Waals surface area contributed by atoms with Crippen molar-refractivity contribution in [1.29, 1.82) is 0 Å². The molecule has 2 N–H and O–H groups in total. The van der Waals surface area contributed by atoms with Gasteiger partial charge in [-0.1, -0.05) is 25.3 Å². The van der Waals surface area contributed by atoms with E-state index in [4.69, 9.17) is 9.47 Å². The smallest absolute Gasteiger partial charge is 0.253 e. The predicted octanol–water partition coefficient (Wildman–Crippen LogP) is 3.48. The van der Waals surface area contributed by atoms with Crippen molar-refractivity contribution in [2.75, 3.05) is 12.1 Å². The molecular formula is C20H23N3O3. The number of hydrogen-bond donors (Lipinski definition) is 2. The molecule has 1 aliphatic heterocycles. The molecule has 0 atom stereocenters. The van der Waals surface area contributed by atoms with Gasteiger partial charge in [-0.15, -0.1) is 0 Å². The van der Waals surface area contributed by atoms with Gasteiger partial charge in [-0.25, -0.2) is 0 Å². The minimum absolute atomic E-state index is 0.137. The molecule has 0 bridgehead atoms. The minimum atomic E-state index is -0.137. The summed E-state index contributed by atoms with van der Waals surface area (Å²) >= 11 is 0. The predicted molar refractivity (Wildman–Crippen MR) is 98.5 cm³/mol. The van der Waals surface area contributed by atoms with Gasteiger partial charge < -0.3 is 20.1 Å². The maximum Gasteiger partial charge on any atom is 0.253 e. The normalized spacial score (nSPS) is 16.3. The van der Waals surface area contributed by atoms with Crippen molar-refractivity contribution in [3.63, 3.8) is 0 Å². The molecule has 1 saturated carbocycles. The lowest BCUT2D eigenvalue weighted by Gasteiger charge is -2.23. The second-order valence-corrected chi connectivity index (χ2v) is 6.81. The Morgan fingerprint density at radius 1 is 1.08 bits per heavy atom. The van der Waals surface area contributed by atoms with Crippen molar-refractivity contribution in [2.24, 2.45) is 0 Å². The number of aromatic nitrogens is 1. The van der Waals surface area contributed by atoms with Crippen LogP contribution in [0.1, 0.15) is 48.0 Å². The van der Waals surface area contributed by atoms with E-state index in [1.807, 2.05) is 24.3 Å². The second-order valence-electron chi connectivity index (χ2n) is 6.81. The van der Waals surface area contributed by atoms with Crippen molar-refractivity contribution >= 4 is 11.6 Å². The highest BCUT2D eigenvalue weighted by molar-refractivity contribution is 5.94. The molecule has 4 rings (SSSR count). The summed E-state index contributed by atoms with van der Waals surface area (Å²) in [6.07, 6.45) is 9.59. The van der Waals surface area contributed by atoms with Crippen LogP contribution in [0.4, 0.5) is 5.69 Å². The SMILES string of the molecule is O=C(NCc1ccc2c(c1)OCO2)c1cncc(NC2CCCCC2)c1. The zero-order valence-corrected chi connectivity index (χ0v) is 14.7. The summed E-state index contributed by atoms with van der Waals surface area (Å²) in [7, 11) is 0. The van der Waals surface area contributed by atoms with Crippen LogP contribution in [0, 0.1) is 0 Å². The fraction of sp³-hybridized carbons (Fsp3) is 0.400. The summed E-state index contributed by atoms with van der Waals surface area (Å²) in [5.74, 6) is 1.32. The summed E-state index contributed by atoms with van der Waals surface area (Å²) in [5, 5.41) is 6.44. The molecule has 136 valence electrons. The molecule has 0 spiro atoms. The topological polar surface area (TPSA) is 72.5 Å². The molecule has 26 heavy (non-hydrogen) atoms. The number of amides is 1. The summed E-state index contributed by atoms with van der Waals surface area (Å²) < 4.78 is 10.7. The molecule has 6 nitrogen and oxygen atoms in total. The summed E-state index contributed by atoms with van der Waals surface area (Å²) in [4.78, 5) is 16.7. The van der Waals surface area contributed by atoms with Gasteiger partial charge in [-0.05, 0) is 36.6 Å². The van der Waals surface area contributed by atoms with Crippen LogP contribution in [-0.2, 0) is 6.54 Å². The lowest BCUT2D eigenvalue weighted by atomic mass is 9.95. The van der Waals surface area contributed by atoms with E-state index in [2.05, 4.69) is 15.6 Å². The maximum absolute atomic E-state index is 12.5. The first-order chi connectivity index (χ1) is 12.8. The average Bonchev–Trinajstić information content (AvgIpc) is 3.15. The number of nitrogens with one attached hydrogen (secondary N) is 2. The van der Waals surface area contributed by atoms with E-state index >= 15 is 0 Å². The van der Waals surface area contributed by atoms with E-state index in [0.29, 0.717) is 18.2 Å². The van der Waals surface area contributed by atoms with Crippen molar-refractivity contribution in [3.05, 3.63) is 47.8 Å². The van der Waals surface area contributed by atoms with Gasteiger partial charge in [0.2, 0.25) is 6.79 Å². The largest absolute Gasteiger partial charge is 0.454 e. The highest BCUT2D eigenvalue weighted by Crippen LogP contribution is 2.32. The summed E-state index contributed by atoms with van der Waals surface area (Å²) in [6.45, 7) is 0.674. The van der Waals surface area contributed by atoms with Crippen LogP contribution in [-0.4, -0.2) is 23.7 Å². The molecular weight excluding hydrogens is 330 g/mol. The van der Waals surface area contributed by atoms with Crippen LogP contribution < -0.4 is 20.1 Å². The number of ether oxygens (including phenoxy) is 2. The number of benzene rings is 1. The average molecular weight is 353 g/mol. The Bertz CT molecular complexity index is 788. The van der Waals surface area contributed by atoms with E-state index in [9.17, 15) is 4.79 Å². The Labute approximate surface area is 152 Å². The highest BCUT2D eigenvalue weighted by atomic mass is 16.7. The van der Waals surface area contributed by atoms with Gasteiger partial charge in [0.1, 0.15) is 0 Å². The monoisotopic (exact) mass is 353 g/mol. The van der Waals surface area contributed by atoms with E-state index in [1.165, 1.54) is 32.1 Å². The molecule has 1 aliphatic carbocycles. The third-order valence-corrected chi connectivity index (χ3v) is 4.87. The third kappa shape index (κ3) is 3.90. The Kier molecular flexibility index (Phi) is 4.91. The molecule has 1 fully saturated rings. The Morgan fingerprint density at radius 2 is 1.92 bits per heavy atom. The summed E-state index contributed by atoms with van der Waals surface area (Å²) in [5.41, 5.74) is 2.44. The van der Waals surface area contributed by atoms with Crippen molar-refractivity contribution in [3.8, 4) is 11.5 Å². The standard InChI is InChI=1S/C20H23N3O3/c24-20(22-10-14-6-7-18-19(8-14)26-13-25-18)15-9-17(12-21-11-15)23-16-4-2-1-3-5-16/h6-9,11-12,16,23H,1-5,10,13H2,(H,22,24). The molecule has 2 aromatic rings. The van der Waals surface area contributed by atoms with Gasteiger partial charge in [-0.2, -0.15) is 0 Å². The molecule has 6 heteroatoms. The van der Waals surface area contributed by atoms with Crippen molar-refractivity contribution in [1.82, 2.24) is 10.3 Å². The van der Waals surface area contributed by atoms with Gasteiger partial charge in [0, 0.05) is 25.0 Å². The van der Waals surface area contributed by atoms with Crippen LogP contribution in [0.3, 0.4) is 0 Å². The van der Waals surface area contributed by atoms with Crippen molar-refractivity contribution in [2.45, 2.75) is 44.7 Å². The number of pyridine rings is 1. The first kappa shape index (κ1) is 16.7. The molecule has 2 heterocycles. The number of anilines is 1. The number of carbonyl (C=O) groups is 1. The van der Waals surface area contributed by atoms with Gasteiger partial charge in [0.25, 0.3) is 5.91 Å². The zero-order valence-electron chi connectivity index (χ0n) is 14.7. The van der Waals surface area contributed by atoms with E-state index < -0.39 is 0 Å². The lowest BCUT2D eigenvalue weighted by molar-refractivity contribution is 0.0950. The molecule has 0 saturated heterocycles. The molecule has 1 aromatic carbocycles. The summed E-state index contributed by atoms with van der Waals surface area (Å²) in [6, 6.07) is 8.03. The van der Waals surface area contributed by atoms with Gasteiger partial charge in [0.15, 0.2) is 11.5 Å². The quantitative estimate of drug-likeness (QED) is 0.861. The number of hydrogen-bond acceptors (Lipinski definition) is 5. The van der Waals surface area contributed by atoms with Crippen LogP contribution >= 0.6 is 0 Å². The molecule has 1 amide bonds. The fourth-order valence-corrected chi connectivity index (χ4v) is 3.46. The first-order valence-corrected chi connectivity index (χ1v) is 9.16. The first-order valence-electron chi connectivity index (χ1n) is 9.16. The van der Waals surface area contributed by atoms with Gasteiger partial charge >= 0.3 is 0 Å². The van der Waals surface area contributed by atoms with E-state index in [0.717, 1.165) is 22.7 Å². The molecule has 0 unspecified atom stereocenters. The molecule has 2 aliphatic rings. The van der Waals surface area contributed by atoms with Gasteiger partial charge in [0.05, 0.1) is 11.3 Å². The number of nitrogens with zero attached hydrogens (tertiary/aromatic N) is 1. The van der Waals surface area contributed by atoms with Gasteiger partial charge in [-0.3, -0.25) is 9.78 Å². The highest BCUT2D eigenvalue weighted by Gasteiger charge is 2.15. The van der Waals surface area contributed by atoms with Crippen LogP contribution in [0.2, 0.25) is 0 Å². The number of rotatable bonds is 5. The Morgan fingerprint density at radius 3 is 2.81 bits per heavy atom. The fourth-order valence-electron chi connectivity index (χ4n) is 3.46. The Balaban J connectivity index is 1.36. The molecule has 1 aromatic heterocycles. The van der Waals surface area contributed by atoms with Crippen LogP contribution in [0.15, 0.2) is 36.7 Å². The van der Waals surface area contributed by atoms with Crippen LogP contribution in [0.25, 0.3) is 0 Å². The lowest BCUT2D eigenvalue weighted by Crippen LogP contribution is -2.24. The molecule has 0 radical (unpaired) electrons. The minimum Gasteiger partial charge on any atom is -0.454 e. The second kappa shape index (κ2) is 7.64. The maximum atomic E-state index is 12.5. The van der Waals surface area contributed by atoms with E-state index in [-0.39, 0.29) is 12.7 Å². The van der Waals surface area contributed by atoms with Crippen LogP contribution in [0.5, 0.6) is 11.5 Å². The van der Waals surface area contributed by atoms with Crippen molar-refractivity contribution < 1.29 is 14.3 Å². The third-order valence-electron chi connectivity index (χ3n) is 4.87. The van der Waals surface area contributed by atoms with E-state index in [1.54, 1.807) is 12.4 Å². The number of fused-ring (bicyclic) bond motifs is 1. The zero-order chi connectivity index (χ0) is 17.8.